The molecular formula is C13H13NO2. The molecule has 2 aromatic rings. The van der Waals surface area contributed by atoms with Gasteiger partial charge in [-0.05, 0) is 18.2 Å². The first-order chi connectivity index (χ1) is 7.72. The molecule has 3 N–H and O–H groups in total. The summed E-state index contributed by atoms with van der Waals surface area (Å²) in [5.41, 5.74) is 7.88. The SMILES string of the molecule is COc1cc(N)ccc1-c1ccccc1O. The van der Waals surface area contributed by atoms with Crippen molar-refractivity contribution in [2.45, 2.75) is 0 Å². The number of nitrogens with two attached hydrogens (primary N) is 1. The first kappa shape index (κ1) is 10.4. The zero-order valence-corrected chi connectivity index (χ0v) is 8.97. The van der Waals surface area contributed by atoms with E-state index in [1.807, 2.05) is 18.2 Å². The molecule has 3 heteroatoms. The summed E-state index contributed by atoms with van der Waals surface area (Å²) < 4.78 is 5.24. The minimum Gasteiger partial charge on any atom is -0.507 e. The van der Waals surface area contributed by atoms with Gasteiger partial charge in [-0.3, -0.25) is 0 Å². The van der Waals surface area contributed by atoms with E-state index in [0.717, 1.165) is 11.1 Å². The lowest BCUT2D eigenvalue weighted by molar-refractivity contribution is 0.416. The molecule has 0 saturated heterocycles. The van der Waals surface area contributed by atoms with Crippen molar-refractivity contribution in [1.29, 1.82) is 0 Å². The Kier molecular flexibility index (Phi) is 2.68. The van der Waals surface area contributed by atoms with Crippen molar-refractivity contribution in [1.82, 2.24) is 0 Å². The van der Waals surface area contributed by atoms with E-state index in [2.05, 4.69) is 0 Å². The molecule has 0 spiro atoms. The van der Waals surface area contributed by atoms with E-state index in [1.54, 1.807) is 31.4 Å². The fourth-order valence-electron chi connectivity index (χ4n) is 1.63. The van der Waals surface area contributed by atoms with Gasteiger partial charge in [-0.15, -0.1) is 0 Å². The fraction of sp³-hybridized carbons (Fsp3) is 0.0769. The Labute approximate surface area is 94.1 Å². The maximum absolute atomic E-state index is 9.77. The second-order valence-electron chi connectivity index (χ2n) is 3.48. The van der Waals surface area contributed by atoms with Crippen molar-refractivity contribution < 1.29 is 9.84 Å². The van der Waals surface area contributed by atoms with Gasteiger partial charge in [-0.1, -0.05) is 18.2 Å². The summed E-state index contributed by atoms with van der Waals surface area (Å²) in [6, 6.07) is 12.5. The Balaban J connectivity index is 2.60. The Morgan fingerprint density at radius 1 is 1.06 bits per heavy atom. The summed E-state index contributed by atoms with van der Waals surface area (Å²) in [6.45, 7) is 0. The highest BCUT2D eigenvalue weighted by Gasteiger charge is 2.09. The molecule has 16 heavy (non-hydrogen) atoms. The summed E-state index contributed by atoms with van der Waals surface area (Å²) in [7, 11) is 1.58. The number of benzene rings is 2. The van der Waals surface area contributed by atoms with Crippen LogP contribution in [0.15, 0.2) is 42.5 Å². The molecule has 0 radical (unpaired) electrons. The Morgan fingerprint density at radius 3 is 2.50 bits per heavy atom. The van der Waals surface area contributed by atoms with E-state index in [4.69, 9.17) is 10.5 Å². The van der Waals surface area contributed by atoms with E-state index in [0.29, 0.717) is 11.4 Å². The summed E-state index contributed by atoms with van der Waals surface area (Å²) >= 11 is 0. The summed E-state index contributed by atoms with van der Waals surface area (Å²) in [5.74, 6) is 0.882. The topological polar surface area (TPSA) is 55.5 Å². The number of methoxy groups -OCH3 is 1. The van der Waals surface area contributed by atoms with Gasteiger partial charge in [0.25, 0.3) is 0 Å². The van der Waals surface area contributed by atoms with Crippen LogP contribution >= 0.6 is 0 Å². The third-order valence-electron chi connectivity index (χ3n) is 2.42. The highest BCUT2D eigenvalue weighted by atomic mass is 16.5. The zero-order chi connectivity index (χ0) is 11.5. The van der Waals surface area contributed by atoms with Crippen LogP contribution in [0.25, 0.3) is 11.1 Å². The molecule has 0 heterocycles. The minimum atomic E-state index is 0.227. The van der Waals surface area contributed by atoms with Crippen molar-refractivity contribution in [3.8, 4) is 22.6 Å². The van der Waals surface area contributed by atoms with Crippen LogP contribution in [-0.4, -0.2) is 12.2 Å². The van der Waals surface area contributed by atoms with Gasteiger partial charge < -0.3 is 15.6 Å². The van der Waals surface area contributed by atoms with Crippen molar-refractivity contribution in [3.05, 3.63) is 42.5 Å². The molecule has 0 unspecified atom stereocenters. The van der Waals surface area contributed by atoms with E-state index in [-0.39, 0.29) is 5.75 Å². The van der Waals surface area contributed by atoms with Crippen LogP contribution < -0.4 is 10.5 Å². The molecule has 2 rings (SSSR count). The number of hydrogen-bond donors (Lipinski definition) is 2. The predicted molar refractivity (Wildman–Crippen MR) is 64.5 cm³/mol. The molecule has 0 aromatic heterocycles. The van der Waals surface area contributed by atoms with Gasteiger partial charge in [0.15, 0.2) is 0 Å². The van der Waals surface area contributed by atoms with Gasteiger partial charge in [0.1, 0.15) is 11.5 Å². The van der Waals surface area contributed by atoms with E-state index >= 15 is 0 Å². The first-order valence-corrected chi connectivity index (χ1v) is 4.94. The first-order valence-electron chi connectivity index (χ1n) is 4.94. The number of anilines is 1. The standard InChI is InChI=1S/C13H13NO2/c1-16-13-8-9(14)6-7-11(13)10-4-2-3-5-12(10)15/h2-8,15H,14H2,1H3. The van der Waals surface area contributed by atoms with Crippen LogP contribution in [0.1, 0.15) is 0 Å². The summed E-state index contributed by atoms with van der Waals surface area (Å²) in [5, 5.41) is 9.77. The van der Waals surface area contributed by atoms with Crippen LogP contribution in [0, 0.1) is 0 Å². The third kappa shape index (κ3) is 1.80. The Bertz CT molecular complexity index is 509. The lowest BCUT2D eigenvalue weighted by atomic mass is 10.0. The largest absolute Gasteiger partial charge is 0.507 e. The predicted octanol–water partition coefficient (Wildman–Crippen LogP) is 2.65. The van der Waals surface area contributed by atoms with Crippen molar-refractivity contribution in [3.63, 3.8) is 0 Å². The highest BCUT2D eigenvalue weighted by Crippen LogP contribution is 2.36. The van der Waals surface area contributed by atoms with Gasteiger partial charge in [0.2, 0.25) is 0 Å². The monoisotopic (exact) mass is 215 g/mol. The number of ether oxygens (including phenoxy) is 1. The molecule has 0 bridgehead atoms. The zero-order valence-electron chi connectivity index (χ0n) is 8.97. The lowest BCUT2D eigenvalue weighted by Gasteiger charge is -2.10. The van der Waals surface area contributed by atoms with E-state index < -0.39 is 0 Å². The van der Waals surface area contributed by atoms with Gasteiger partial charge >= 0.3 is 0 Å². The lowest BCUT2D eigenvalue weighted by Crippen LogP contribution is -1.91. The Hall–Kier alpha value is -2.16. The van der Waals surface area contributed by atoms with E-state index in [1.165, 1.54) is 0 Å². The number of para-hydroxylation sites is 1. The van der Waals surface area contributed by atoms with Crippen LogP contribution in [-0.2, 0) is 0 Å². The molecule has 0 saturated carbocycles. The van der Waals surface area contributed by atoms with Gasteiger partial charge in [0, 0.05) is 22.9 Å². The maximum atomic E-state index is 9.77. The quantitative estimate of drug-likeness (QED) is 0.757. The second-order valence-corrected chi connectivity index (χ2v) is 3.48. The van der Waals surface area contributed by atoms with Gasteiger partial charge in [-0.2, -0.15) is 0 Å². The second kappa shape index (κ2) is 4.14. The molecule has 2 aromatic carbocycles. The van der Waals surface area contributed by atoms with Crippen LogP contribution in [0.3, 0.4) is 0 Å². The normalized spacial score (nSPS) is 10.1. The number of hydrogen-bond acceptors (Lipinski definition) is 3. The molecular weight excluding hydrogens is 202 g/mol. The molecule has 0 aliphatic heterocycles. The van der Waals surface area contributed by atoms with Crippen molar-refractivity contribution in [2.24, 2.45) is 0 Å². The minimum absolute atomic E-state index is 0.227. The van der Waals surface area contributed by atoms with E-state index in [9.17, 15) is 5.11 Å². The highest BCUT2D eigenvalue weighted by molar-refractivity contribution is 5.77. The molecule has 0 aliphatic rings. The Morgan fingerprint density at radius 2 is 1.81 bits per heavy atom. The molecule has 0 fully saturated rings. The van der Waals surface area contributed by atoms with Crippen molar-refractivity contribution >= 4 is 5.69 Å². The number of nitrogen functional groups attached to an aromatic ring is 1. The smallest absolute Gasteiger partial charge is 0.128 e. The van der Waals surface area contributed by atoms with Crippen LogP contribution in [0.5, 0.6) is 11.5 Å². The molecule has 0 aliphatic carbocycles. The molecule has 3 nitrogen and oxygen atoms in total. The molecule has 0 atom stereocenters. The number of aromatic hydroxyl groups is 1. The molecule has 0 amide bonds. The van der Waals surface area contributed by atoms with Crippen LogP contribution in [0.2, 0.25) is 0 Å². The van der Waals surface area contributed by atoms with Crippen LogP contribution in [0.4, 0.5) is 5.69 Å². The van der Waals surface area contributed by atoms with Crippen molar-refractivity contribution in [2.75, 3.05) is 12.8 Å². The number of phenols is 1. The summed E-state index contributed by atoms with van der Waals surface area (Å²) in [6.07, 6.45) is 0. The van der Waals surface area contributed by atoms with Gasteiger partial charge in [0.05, 0.1) is 7.11 Å². The average molecular weight is 215 g/mol. The maximum Gasteiger partial charge on any atom is 0.128 e. The average Bonchev–Trinajstić information content (AvgIpc) is 2.30. The summed E-state index contributed by atoms with van der Waals surface area (Å²) in [4.78, 5) is 0. The number of phenolic OH excluding ortho intramolecular Hbond substituents is 1. The number of rotatable bonds is 2. The third-order valence-corrected chi connectivity index (χ3v) is 2.42. The molecule has 82 valence electrons. The van der Waals surface area contributed by atoms with Gasteiger partial charge in [-0.25, -0.2) is 0 Å². The fourth-order valence-corrected chi connectivity index (χ4v) is 1.63.